The van der Waals surface area contributed by atoms with Gasteiger partial charge in [-0.2, -0.15) is 9.61 Å². The molecule has 1 N–H and O–H groups in total. The Bertz CT molecular complexity index is 758. The van der Waals surface area contributed by atoms with E-state index in [9.17, 15) is 0 Å². The molecule has 6 heteroatoms. The summed E-state index contributed by atoms with van der Waals surface area (Å²) in [6.45, 7) is 8.09. The summed E-state index contributed by atoms with van der Waals surface area (Å²) in [6, 6.07) is 4.13. The average molecular weight is 287 g/mol. The molecule has 0 aromatic carbocycles. The van der Waals surface area contributed by atoms with Crippen molar-refractivity contribution in [2.24, 2.45) is 0 Å². The minimum atomic E-state index is 0.142. The molecule has 3 heterocycles. The lowest BCUT2D eigenvalue weighted by atomic mass is 10.3. The first-order valence-corrected chi connectivity index (χ1v) is 7.43. The Kier molecular flexibility index (Phi) is 3.17. The van der Waals surface area contributed by atoms with Gasteiger partial charge in [-0.1, -0.05) is 0 Å². The first kappa shape index (κ1) is 13.1. The van der Waals surface area contributed by atoms with Crippen LogP contribution in [-0.2, 0) is 0 Å². The van der Waals surface area contributed by atoms with Crippen LogP contribution in [0.5, 0.6) is 0 Å². The number of hydrogen-bond acceptors (Lipinski definition) is 5. The summed E-state index contributed by atoms with van der Waals surface area (Å²) in [4.78, 5) is 9.01. The Hall–Kier alpha value is -1.95. The SMILES string of the molecule is Cc1csc([C@@H](C)Nc2cc(C)nc3cc(C)nn23)n1. The molecular formula is C14H17N5S. The lowest BCUT2D eigenvalue weighted by molar-refractivity contribution is 0.822. The van der Waals surface area contributed by atoms with Crippen LogP contribution in [0.25, 0.3) is 5.65 Å². The van der Waals surface area contributed by atoms with Crippen molar-refractivity contribution in [1.82, 2.24) is 19.6 Å². The van der Waals surface area contributed by atoms with Crippen LogP contribution >= 0.6 is 11.3 Å². The molecule has 0 aliphatic rings. The summed E-state index contributed by atoms with van der Waals surface area (Å²) >= 11 is 1.67. The zero-order valence-electron chi connectivity index (χ0n) is 12.0. The largest absolute Gasteiger partial charge is 0.361 e. The number of rotatable bonds is 3. The van der Waals surface area contributed by atoms with Gasteiger partial charge in [0.15, 0.2) is 5.65 Å². The Morgan fingerprint density at radius 3 is 2.60 bits per heavy atom. The molecule has 5 nitrogen and oxygen atoms in total. The molecule has 0 aliphatic heterocycles. The van der Waals surface area contributed by atoms with Crippen LogP contribution in [0.4, 0.5) is 5.82 Å². The number of anilines is 1. The highest BCUT2D eigenvalue weighted by Gasteiger charge is 2.13. The minimum absolute atomic E-state index is 0.142. The zero-order chi connectivity index (χ0) is 14.3. The third-order valence-electron chi connectivity index (χ3n) is 3.05. The van der Waals surface area contributed by atoms with Crippen LogP contribution in [0.2, 0.25) is 0 Å². The second kappa shape index (κ2) is 4.86. The van der Waals surface area contributed by atoms with Crippen molar-refractivity contribution < 1.29 is 0 Å². The maximum atomic E-state index is 4.53. The second-order valence-electron chi connectivity index (χ2n) is 5.03. The molecule has 0 unspecified atom stereocenters. The normalized spacial score (nSPS) is 12.8. The Labute approximate surface area is 121 Å². The van der Waals surface area contributed by atoms with Crippen LogP contribution in [0, 0.1) is 20.8 Å². The van der Waals surface area contributed by atoms with E-state index < -0.39 is 0 Å². The monoisotopic (exact) mass is 287 g/mol. The molecule has 20 heavy (non-hydrogen) atoms. The molecule has 0 amide bonds. The minimum Gasteiger partial charge on any atom is -0.361 e. The van der Waals surface area contributed by atoms with E-state index in [1.165, 1.54) is 0 Å². The van der Waals surface area contributed by atoms with E-state index in [0.717, 1.165) is 33.6 Å². The van der Waals surface area contributed by atoms with Crippen molar-refractivity contribution in [1.29, 1.82) is 0 Å². The van der Waals surface area contributed by atoms with Gasteiger partial charge < -0.3 is 5.32 Å². The van der Waals surface area contributed by atoms with Crippen LogP contribution < -0.4 is 5.32 Å². The number of nitrogens with zero attached hydrogens (tertiary/aromatic N) is 4. The second-order valence-corrected chi connectivity index (χ2v) is 5.92. The number of thiazole rings is 1. The summed E-state index contributed by atoms with van der Waals surface area (Å²) in [5.74, 6) is 0.945. The van der Waals surface area contributed by atoms with E-state index in [4.69, 9.17) is 0 Å². The predicted molar refractivity (Wildman–Crippen MR) is 81.3 cm³/mol. The first-order chi connectivity index (χ1) is 9.52. The van der Waals surface area contributed by atoms with Gasteiger partial charge in [-0.15, -0.1) is 11.3 Å². The molecule has 0 fully saturated rings. The number of fused-ring (bicyclic) bond motifs is 1. The molecule has 104 valence electrons. The number of aryl methyl sites for hydroxylation is 3. The van der Waals surface area contributed by atoms with Crippen molar-refractivity contribution >= 4 is 22.8 Å². The fourth-order valence-corrected chi connectivity index (χ4v) is 2.98. The van der Waals surface area contributed by atoms with Gasteiger partial charge in [-0.05, 0) is 27.7 Å². The lowest BCUT2D eigenvalue weighted by Gasteiger charge is -2.14. The summed E-state index contributed by atoms with van der Waals surface area (Å²) < 4.78 is 1.85. The van der Waals surface area contributed by atoms with Gasteiger partial charge >= 0.3 is 0 Å². The quantitative estimate of drug-likeness (QED) is 0.803. The predicted octanol–water partition coefficient (Wildman–Crippen LogP) is 3.28. The number of aromatic nitrogens is 4. The molecule has 3 aromatic rings. The van der Waals surface area contributed by atoms with Crippen LogP contribution in [0.3, 0.4) is 0 Å². The van der Waals surface area contributed by atoms with Crippen molar-refractivity contribution in [2.45, 2.75) is 33.7 Å². The third kappa shape index (κ3) is 2.38. The zero-order valence-corrected chi connectivity index (χ0v) is 12.8. The van der Waals surface area contributed by atoms with E-state index in [1.54, 1.807) is 11.3 Å². The van der Waals surface area contributed by atoms with E-state index >= 15 is 0 Å². The molecule has 0 saturated carbocycles. The molecule has 3 aromatic heterocycles. The summed E-state index contributed by atoms with van der Waals surface area (Å²) in [6.07, 6.45) is 0. The van der Waals surface area contributed by atoms with Crippen molar-refractivity contribution in [2.75, 3.05) is 5.32 Å². The highest BCUT2D eigenvalue weighted by atomic mass is 32.1. The average Bonchev–Trinajstić information content (AvgIpc) is 2.94. The van der Waals surface area contributed by atoms with Gasteiger partial charge in [0.25, 0.3) is 0 Å². The van der Waals surface area contributed by atoms with Crippen molar-refractivity contribution in [3.8, 4) is 0 Å². The number of nitrogens with one attached hydrogen (secondary N) is 1. The fourth-order valence-electron chi connectivity index (χ4n) is 2.17. The smallest absolute Gasteiger partial charge is 0.157 e. The van der Waals surface area contributed by atoms with Crippen LogP contribution in [0.15, 0.2) is 17.5 Å². The fraction of sp³-hybridized carbons (Fsp3) is 0.357. The molecule has 0 radical (unpaired) electrons. The van der Waals surface area contributed by atoms with Gasteiger partial charge in [0, 0.05) is 28.9 Å². The van der Waals surface area contributed by atoms with E-state index in [1.807, 2.05) is 37.4 Å². The van der Waals surface area contributed by atoms with Gasteiger partial charge in [0.05, 0.1) is 11.7 Å². The van der Waals surface area contributed by atoms with E-state index in [2.05, 4.69) is 32.7 Å². The van der Waals surface area contributed by atoms with E-state index in [-0.39, 0.29) is 6.04 Å². The Morgan fingerprint density at radius 1 is 1.10 bits per heavy atom. The maximum absolute atomic E-state index is 4.53. The first-order valence-electron chi connectivity index (χ1n) is 6.55. The lowest BCUT2D eigenvalue weighted by Crippen LogP contribution is -2.11. The maximum Gasteiger partial charge on any atom is 0.157 e. The molecule has 3 rings (SSSR count). The summed E-state index contributed by atoms with van der Waals surface area (Å²) in [5, 5.41) is 11.1. The van der Waals surface area contributed by atoms with Gasteiger partial charge in [0.2, 0.25) is 0 Å². The molecule has 0 spiro atoms. The molecule has 0 saturated heterocycles. The highest BCUT2D eigenvalue weighted by Crippen LogP contribution is 2.23. The summed E-state index contributed by atoms with van der Waals surface area (Å²) in [7, 11) is 0. The van der Waals surface area contributed by atoms with Crippen molar-refractivity contribution in [3.05, 3.63) is 39.6 Å². The molecule has 1 atom stereocenters. The number of hydrogen-bond donors (Lipinski definition) is 1. The highest BCUT2D eigenvalue weighted by molar-refractivity contribution is 7.09. The Balaban J connectivity index is 1.97. The van der Waals surface area contributed by atoms with Gasteiger partial charge in [-0.25, -0.2) is 9.97 Å². The van der Waals surface area contributed by atoms with Crippen LogP contribution in [0.1, 0.15) is 35.1 Å². The topological polar surface area (TPSA) is 55.1 Å². The molecular weight excluding hydrogens is 270 g/mol. The van der Waals surface area contributed by atoms with Crippen molar-refractivity contribution in [3.63, 3.8) is 0 Å². The van der Waals surface area contributed by atoms with Gasteiger partial charge in [-0.3, -0.25) is 0 Å². The molecule has 0 bridgehead atoms. The Morgan fingerprint density at radius 2 is 1.90 bits per heavy atom. The third-order valence-corrected chi connectivity index (χ3v) is 4.19. The van der Waals surface area contributed by atoms with E-state index in [0.29, 0.717) is 0 Å². The molecule has 0 aliphatic carbocycles. The standard InChI is InChI=1S/C14H17N5S/c1-8-5-13(19-12(15-8)6-9(2)18-19)17-11(4)14-16-10(3)7-20-14/h5-7,11,17H,1-4H3/t11-/m1/s1. The summed E-state index contributed by atoms with van der Waals surface area (Å²) in [5.41, 5.74) is 3.86. The van der Waals surface area contributed by atoms with Gasteiger partial charge in [0.1, 0.15) is 10.8 Å². The van der Waals surface area contributed by atoms with Crippen LogP contribution in [-0.4, -0.2) is 19.6 Å².